The van der Waals surface area contributed by atoms with Crippen LogP contribution in [0.5, 0.6) is 5.75 Å². The summed E-state index contributed by atoms with van der Waals surface area (Å²) in [6.07, 6.45) is 3.37. The van der Waals surface area contributed by atoms with Crippen LogP contribution in [0.4, 0.5) is 0 Å². The molecule has 1 aromatic heterocycles. The van der Waals surface area contributed by atoms with E-state index >= 15 is 0 Å². The number of hydrogen-bond acceptors (Lipinski definition) is 3. The molecule has 0 aliphatic carbocycles. The molecule has 3 rings (SSSR count). The molecule has 2 aromatic rings. The summed E-state index contributed by atoms with van der Waals surface area (Å²) in [5.74, 6) is 0.935. The van der Waals surface area contributed by atoms with E-state index in [-0.39, 0.29) is 0 Å². The van der Waals surface area contributed by atoms with Crippen LogP contribution in [0.25, 0.3) is 5.57 Å². The van der Waals surface area contributed by atoms with Gasteiger partial charge in [0.25, 0.3) is 0 Å². The maximum atomic E-state index is 5.77. The van der Waals surface area contributed by atoms with Crippen LogP contribution in [0, 0.1) is 0 Å². The molecule has 3 heteroatoms. The molecule has 2 nitrogen and oxygen atoms in total. The summed E-state index contributed by atoms with van der Waals surface area (Å²) < 4.78 is 5.77. The van der Waals surface area contributed by atoms with E-state index in [1.54, 1.807) is 11.3 Å². The predicted molar refractivity (Wildman–Crippen MR) is 80.6 cm³/mol. The summed E-state index contributed by atoms with van der Waals surface area (Å²) in [6, 6.07) is 10.5. The van der Waals surface area contributed by atoms with Gasteiger partial charge in [-0.2, -0.15) is 11.3 Å². The zero-order valence-corrected chi connectivity index (χ0v) is 11.6. The second-order valence-electron chi connectivity index (χ2n) is 4.63. The second kappa shape index (κ2) is 6.04. The summed E-state index contributed by atoms with van der Waals surface area (Å²) in [5.41, 5.74) is 3.97. The Morgan fingerprint density at radius 2 is 2.05 bits per heavy atom. The average Bonchev–Trinajstić information content (AvgIpc) is 3.00. The van der Waals surface area contributed by atoms with Gasteiger partial charge in [0.2, 0.25) is 0 Å². The number of hydrogen-bond donors (Lipinski definition) is 1. The number of benzene rings is 1. The number of nitrogens with one attached hydrogen (secondary N) is 1. The van der Waals surface area contributed by atoms with Gasteiger partial charge in [0, 0.05) is 6.54 Å². The van der Waals surface area contributed by atoms with Crippen LogP contribution < -0.4 is 10.1 Å². The summed E-state index contributed by atoms with van der Waals surface area (Å²) in [5, 5.41) is 7.53. The van der Waals surface area contributed by atoms with Gasteiger partial charge in [-0.3, -0.25) is 0 Å². The Kier molecular flexibility index (Phi) is 3.96. The van der Waals surface area contributed by atoms with E-state index in [0.29, 0.717) is 6.61 Å². The first-order chi connectivity index (χ1) is 9.42. The van der Waals surface area contributed by atoms with Crippen LogP contribution in [0.15, 0.2) is 47.2 Å². The van der Waals surface area contributed by atoms with Gasteiger partial charge in [-0.25, -0.2) is 0 Å². The summed E-state index contributed by atoms with van der Waals surface area (Å²) >= 11 is 1.70. The molecule has 1 aromatic carbocycles. The number of thiophene rings is 1. The minimum atomic E-state index is 0.648. The van der Waals surface area contributed by atoms with Gasteiger partial charge in [-0.05, 0) is 58.6 Å². The highest BCUT2D eigenvalue weighted by Gasteiger charge is 2.05. The topological polar surface area (TPSA) is 21.3 Å². The van der Waals surface area contributed by atoms with Crippen molar-refractivity contribution >= 4 is 16.9 Å². The third kappa shape index (κ3) is 3.25. The number of ether oxygens (including phenoxy) is 1. The maximum Gasteiger partial charge on any atom is 0.119 e. The van der Waals surface area contributed by atoms with Crippen molar-refractivity contribution in [2.24, 2.45) is 0 Å². The summed E-state index contributed by atoms with van der Waals surface area (Å²) in [4.78, 5) is 0. The molecule has 0 radical (unpaired) electrons. The highest BCUT2D eigenvalue weighted by atomic mass is 32.1. The predicted octanol–water partition coefficient (Wildman–Crippen LogP) is 3.70. The summed E-state index contributed by atoms with van der Waals surface area (Å²) in [6.45, 7) is 2.70. The lowest BCUT2D eigenvalue weighted by molar-refractivity contribution is 0.306. The highest BCUT2D eigenvalue weighted by molar-refractivity contribution is 7.07. The maximum absolute atomic E-state index is 5.77. The van der Waals surface area contributed by atoms with E-state index < -0.39 is 0 Å². The Bertz CT molecular complexity index is 543. The Labute approximate surface area is 117 Å². The lowest BCUT2D eigenvalue weighted by Gasteiger charge is -2.14. The van der Waals surface area contributed by atoms with Crippen LogP contribution in [0.1, 0.15) is 17.5 Å². The molecule has 0 saturated heterocycles. The van der Waals surface area contributed by atoms with Crippen molar-refractivity contribution in [3.05, 3.63) is 58.3 Å². The van der Waals surface area contributed by atoms with Crippen molar-refractivity contribution in [3.63, 3.8) is 0 Å². The van der Waals surface area contributed by atoms with Gasteiger partial charge >= 0.3 is 0 Å². The van der Waals surface area contributed by atoms with Crippen molar-refractivity contribution in [2.75, 3.05) is 13.1 Å². The third-order valence-electron chi connectivity index (χ3n) is 3.27. The van der Waals surface area contributed by atoms with Gasteiger partial charge in [-0.1, -0.05) is 18.2 Å². The zero-order valence-electron chi connectivity index (χ0n) is 10.8. The molecular formula is C16H17NOS. The molecule has 1 N–H and O–H groups in total. The van der Waals surface area contributed by atoms with E-state index in [1.807, 2.05) is 0 Å². The fourth-order valence-corrected chi connectivity index (χ4v) is 2.84. The largest absolute Gasteiger partial charge is 0.489 e. The molecule has 19 heavy (non-hydrogen) atoms. The van der Waals surface area contributed by atoms with E-state index in [1.165, 1.54) is 16.7 Å². The average molecular weight is 271 g/mol. The minimum absolute atomic E-state index is 0.648. The van der Waals surface area contributed by atoms with Gasteiger partial charge in [0.1, 0.15) is 12.4 Å². The van der Waals surface area contributed by atoms with E-state index in [9.17, 15) is 0 Å². The van der Waals surface area contributed by atoms with Crippen LogP contribution in [0.2, 0.25) is 0 Å². The normalized spacial score (nSPS) is 15.1. The van der Waals surface area contributed by atoms with Crippen LogP contribution >= 0.6 is 11.3 Å². The smallest absolute Gasteiger partial charge is 0.119 e. The lowest BCUT2D eigenvalue weighted by atomic mass is 10.0. The molecule has 0 spiro atoms. The Morgan fingerprint density at radius 1 is 1.16 bits per heavy atom. The Morgan fingerprint density at radius 3 is 2.74 bits per heavy atom. The monoisotopic (exact) mass is 271 g/mol. The van der Waals surface area contributed by atoms with Crippen molar-refractivity contribution in [1.82, 2.24) is 5.32 Å². The van der Waals surface area contributed by atoms with Crippen LogP contribution in [0.3, 0.4) is 0 Å². The molecular weight excluding hydrogens is 254 g/mol. The van der Waals surface area contributed by atoms with E-state index in [0.717, 1.165) is 25.3 Å². The SMILES string of the molecule is C1=C(c2ccc(OCc3ccsc3)cc2)CCNC1. The molecule has 1 aliphatic rings. The molecule has 98 valence electrons. The van der Waals surface area contributed by atoms with Gasteiger partial charge in [-0.15, -0.1) is 0 Å². The van der Waals surface area contributed by atoms with E-state index in [4.69, 9.17) is 4.74 Å². The van der Waals surface area contributed by atoms with Crippen LogP contribution in [-0.4, -0.2) is 13.1 Å². The molecule has 0 unspecified atom stereocenters. The zero-order chi connectivity index (χ0) is 12.9. The van der Waals surface area contributed by atoms with Gasteiger partial charge in [0.15, 0.2) is 0 Å². The first-order valence-electron chi connectivity index (χ1n) is 6.56. The van der Waals surface area contributed by atoms with Gasteiger partial charge < -0.3 is 10.1 Å². The van der Waals surface area contributed by atoms with Crippen LogP contribution in [-0.2, 0) is 6.61 Å². The fourth-order valence-electron chi connectivity index (χ4n) is 2.19. The molecule has 0 amide bonds. The molecule has 0 bridgehead atoms. The molecule has 0 fully saturated rings. The first kappa shape index (κ1) is 12.5. The molecule has 2 heterocycles. The summed E-state index contributed by atoms with van der Waals surface area (Å²) in [7, 11) is 0. The Hall–Kier alpha value is -1.58. The highest BCUT2D eigenvalue weighted by Crippen LogP contribution is 2.23. The first-order valence-corrected chi connectivity index (χ1v) is 7.50. The standard InChI is InChI=1S/C16H17NOS/c1-3-16(18-11-13-7-10-19-12-13)4-2-14(1)15-5-8-17-9-6-15/h1-5,7,10,12,17H,6,8-9,11H2. The number of rotatable bonds is 4. The molecule has 1 aliphatic heterocycles. The quantitative estimate of drug-likeness (QED) is 0.915. The fraction of sp³-hybridized carbons (Fsp3) is 0.250. The van der Waals surface area contributed by atoms with Crippen molar-refractivity contribution < 1.29 is 4.74 Å². The van der Waals surface area contributed by atoms with Crippen molar-refractivity contribution in [2.45, 2.75) is 13.0 Å². The molecule has 0 saturated carbocycles. The minimum Gasteiger partial charge on any atom is -0.489 e. The van der Waals surface area contributed by atoms with Crippen molar-refractivity contribution in [3.8, 4) is 5.75 Å². The molecule has 0 atom stereocenters. The third-order valence-corrected chi connectivity index (χ3v) is 4.01. The Balaban J connectivity index is 1.63. The van der Waals surface area contributed by atoms with Crippen molar-refractivity contribution in [1.29, 1.82) is 0 Å². The van der Waals surface area contributed by atoms with Gasteiger partial charge in [0.05, 0.1) is 0 Å². The lowest BCUT2D eigenvalue weighted by Crippen LogP contribution is -2.19. The second-order valence-corrected chi connectivity index (χ2v) is 5.41. The van der Waals surface area contributed by atoms with E-state index in [2.05, 4.69) is 52.5 Å².